The van der Waals surface area contributed by atoms with Crippen molar-refractivity contribution < 1.29 is 22.7 Å². The summed E-state index contributed by atoms with van der Waals surface area (Å²) in [5, 5.41) is 0. The van der Waals surface area contributed by atoms with Crippen molar-refractivity contribution in [3.63, 3.8) is 0 Å². The second kappa shape index (κ2) is 6.51. The monoisotopic (exact) mass is 336 g/mol. The van der Waals surface area contributed by atoms with Gasteiger partial charge in [0.1, 0.15) is 11.2 Å². The molecule has 2 aromatic rings. The summed E-state index contributed by atoms with van der Waals surface area (Å²) in [7, 11) is 0. The molecule has 7 heteroatoms. The molecule has 0 radical (unpaired) electrons. The third-order valence-electron chi connectivity index (χ3n) is 3.63. The zero-order chi connectivity index (χ0) is 17.2. The first-order valence-corrected chi connectivity index (χ1v) is 7.52. The Hall–Kier alpha value is -2.57. The van der Waals surface area contributed by atoms with Crippen molar-refractivity contribution in [1.29, 1.82) is 0 Å². The molecule has 1 fully saturated rings. The molecule has 0 atom stereocenters. The minimum absolute atomic E-state index is 0.225. The van der Waals surface area contributed by atoms with Crippen LogP contribution in [0.3, 0.4) is 0 Å². The van der Waals surface area contributed by atoms with Crippen LogP contribution in [0.4, 0.5) is 13.2 Å². The van der Waals surface area contributed by atoms with Crippen LogP contribution < -0.4 is 10.2 Å². The molecule has 0 aliphatic heterocycles. The largest absolute Gasteiger partial charge is 0.573 e. The van der Waals surface area contributed by atoms with E-state index in [9.17, 15) is 18.0 Å². The molecule has 1 aromatic carbocycles. The Kier molecular flexibility index (Phi) is 4.42. The van der Waals surface area contributed by atoms with Crippen molar-refractivity contribution in [2.75, 3.05) is 0 Å². The van der Waals surface area contributed by atoms with Gasteiger partial charge in [-0.15, -0.1) is 13.2 Å². The Labute approximate surface area is 136 Å². The standard InChI is InChI=1S/C17H15F3N2O2/c18-17(19,20)24-14-6-2-1-5-13(14)16(23)21-15-7-3-4-10-22(15)11-12-8-9-12/h1-7,10,12H,8-9,11H2. The predicted octanol–water partition coefficient (Wildman–Crippen LogP) is 3.54. The highest BCUT2D eigenvalue weighted by Gasteiger charge is 2.32. The minimum Gasteiger partial charge on any atom is -0.405 e. The number of amides is 1. The molecule has 0 saturated heterocycles. The molecular weight excluding hydrogens is 321 g/mol. The minimum atomic E-state index is -4.87. The number of para-hydroxylation sites is 1. The van der Waals surface area contributed by atoms with Crippen LogP contribution in [0.5, 0.6) is 5.75 Å². The average molecular weight is 336 g/mol. The Balaban J connectivity index is 1.93. The zero-order valence-corrected chi connectivity index (χ0v) is 12.7. The van der Waals surface area contributed by atoms with Gasteiger partial charge in [-0.25, -0.2) is 0 Å². The number of aromatic nitrogens is 1. The van der Waals surface area contributed by atoms with Crippen LogP contribution in [0.2, 0.25) is 0 Å². The van der Waals surface area contributed by atoms with Crippen LogP contribution in [-0.4, -0.2) is 16.8 Å². The van der Waals surface area contributed by atoms with E-state index in [1.165, 1.54) is 18.2 Å². The van der Waals surface area contributed by atoms with Crippen LogP contribution in [0.1, 0.15) is 23.2 Å². The van der Waals surface area contributed by atoms with Crippen molar-refractivity contribution in [3.8, 4) is 5.75 Å². The fourth-order valence-corrected chi connectivity index (χ4v) is 2.32. The Bertz CT molecular complexity index is 808. The van der Waals surface area contributed by atoms with Gasteiger partial charge < -0.3 is 9.30 Å². The molecular formula is C17H15F3N2O2. The van der Waals surface area contributed by atoms with Crippen molar-refractivity contribution in [3.05, 3.63) is 59.7 Å². The first kappa shape index (κ1) is 16.3. The van der Waals surface area contributed by atoms with Crippen molar-refractivity contribution in [2.24, 2.45) is 10.9 Å². The van der Waals surface area contributed by atoms with Gasteiger partial charge in [-0.1, -0.05) is 18.2 Å². The van der Waals surface area contributed by atoms with Gasteiger partial charge in [0.15, 0.2) is 0 Å². The summed E-state index contributed by atoms with van der Waals surface area (Å²) in [6, 6.07) is 10.4. The second-order valence-electron chi connectivity index (χ2n) is 5.62. The van der Waals surface area contributed by atoms with E-state index in [2.05, 4.69) is 9.73 Å². The van der Waals surface area contributed by atoms with Crippen LogP contribution in [0.15, 0.2) is 53.7 Å². The summed E-state index contributed by atoms with van der Waals surface area (Å²) in [5.74, 6) is -0.753. The topological polar surface area (TPSA) is 43.6 Å². The van der Waals surface area contributed by atoms with E-state index < -0.39 is 18.0 Å². The number of pyridine rings is 1. The summed E-state index contributed by atoms with van der Waals surface area (Å²) in [4.78, 5) is 16.3. The third-order valence-corrected chi connectivity index (χ3v) is 3.63. The van der Waals surface area contributed by atoms with Gasteiger partial charge in [0.05, 0.1) is 5.56 Å². The van der Waals surface area contributed by atoms with Crippen molar-refractivity contribution in [1.82, 2.24) is 4.57 Å². The SMILES string of the molecule is O=C(N=c1ccccn1CC1CC1)c1ccccc1OC(F)(F)F. The molecule has 0 bridgehead atoms. The van der Waals surface area contributed by atoms with Gasteiger partial charge in [-0.3, -0.25) is 4.79 Å². The molecule has 1 amide bonds. The fraction of sp³-hybridized carbons (Fsp3) is 0.294. The number of ether oxygens (including phenoxy) is 1. The van der Waals surface area contributed by atoms with Gasteiger partial charge in [0, 0.05) is 12.7 Å². The summed E-state index contributed by atoms with van der Waals surface area (Å²) in [6.07, 6.45) is -0.785. The van der Waals surface area contributed by atoms with Gasteiger partial charge in [0.25, 0.3) is 5.91 Å². The summed E-state index contributed by atoms with van der Waals surface area (Å²) >= 11 is 0. The average Bonchev–Trinajstić information content (AvgIpc) is 3.32. The number of carbonyl (C=O) groups is 1. The second-order valence-corrected chi connectivity index (χ2v) is 5.62. The molecule has 0 N–H and O–H groups in total. The maximum Gasteiger partial charge on any atom is 0.573 e. The molecule has 1 saturated carbocycles. The van der Waals surface area contributed by atoms with Crippen LogP contribution in [-0.2, 0) is 6.54 Å². The number of rotatable bonds is 4. The number of carbonyl (C=O) groups excluding carboxylic acids is 1. The van der Waals surface area contributed by atoms with E-state index in [0.717, 1.165) is 25.5 Å². The molecule has 0 unspecified atom stereocenters. The zero-order valence-electron chi connectivity index (χ0n) is 12.7. The molecule has 4 nitrogen and oxygen atoms in total. The smallest absolute Gasteiger partial charge is 0.405 e. The lowest BCUT2D eigenvalue weighted by Gasteiger charge is -2.11. The molecule has 1 aromatic heterocycles. The Morgan fingerprint density at radius 1 is 1.17 bits per heavy atom. The van der Waals surface area contributed by atoms with E-state index in [1.54, 1.807) is 12.1 Å². The molecule has 24 heavy (non-hydrogen) atoms. The lowest BCUT2D eigenvalue weighted by molar-refractivity contribution is -0.274. The predicted molar refractivity (Wildman–Crippen MR) is 80.2 cm³/mol. The number of hydrogen-bond acceptors (Lipinski definition) is 2. The quantitative estimate of drug-likeness (QED) is 0.857. The first-order chi connectivity index (χ1) is 11.4. The summed E-state index contributed by atoms with van der Waals surface area (Å²) < 4.78 is 43.1. The lowest BCUT2D eigenvalue weighted by atomic mass is 10.2. The van der Waals surface area contributed by atoms with Gasteiger partial charge in [0.2, 0.25) is 0 Å². The Morgan fingerprint density at radius 2 is 1.88 bits per heavy atom. The molecule has 0 spiro atoms. The van der Waals surface area contributed by atoms with E-state index in [0.29, 0.717) is 11.4 Å². The number of alkyl halides is 3. The summed E-state index contributed by atoms with van der Waals surface area (Å²) in [5.41, 5.74) is 0.188. The normalized spacial score (nSPS) is 15.4. The molecule has 1 aliphatic rings. The molecule has 126 valence electrons. The molecule has 1 heterocycles. The van der Waals surface area contributed by atoms with Gasteiger partial charge in [-0.05, 0) is 43.0 Å². The maximum atomic E-state index is 12.5. The fourth-order valence-electron chi connectivity index (χ4n) is 2.32. The number of nitrogens with zero attached hydrogens (tertiary/aromatic N) is 2. The Morgan fingerprint density at radius 3 is 2.58 bits per heavy atom. The van der Waals surface area contributed by atoms with Gasteiger partial charge >= 0.3 is 6.36 Å². The number of benzene rings is 1. The van der Waals surface area contributed by atoms with Gasteiger partial charge in [-0.2, -0.15) is 4.99 Å². The third kappa shape index (κ3) is 4.24. The van der Waals surface area contributed by atoms with E-state index >= 15 is 0 Å². The molecule has 1 aliphatic carbocycles. The molecule has 3 rings (SSSR count). The summed E-state index contributed by atoms with van der Waals surface area (Å²) in [6.45, 7) is 0.744. The maximum absolute atomic E-state index is 12.5. The van der Waals surface area contributed by atoms with Crippen molar-refractivity contribution >= 4 is 5.91 Å². The van der Waals surface area contributed by atoms with E-state index in [1.807, 2.05) is 16.8 Å². The first-order valence-electron chi connectivity index (χ1n) is 7.52. The van der Waals surface area contributed by atoms with E-state index in [4.69, 9.17) is 0 Å². The number of halogens is 3. The highest BCUT2D eigenvalue weighted by molar-refractivity contribution is 5.97. The van der Waals surface area contributed by atoms with Crippen LogP contribution in [0, 0.1) is 5.92 Å². The highest BCUT2D eigenvalue weighted by atomic mass is 19.4. The van der Waals surface area contributed by atoms with Crippen LogP contribution >= 0.6 is 0 Å². The highest BCUT2D eigenvalue weighted by Crippen LogP contribution is 2.30. The lowest BCUT2D eigenvalue weighted by Crippen LogP contribution is -2.23. The van der Waals surface area contributed by atoms with E-state index in [-0.39, 0.29) is 5.56 Å². The van der Waals surface area contributed by atoms with Crippen LogP contribution in [0.25, 0.3) is 0 Å². The van der Waals surface area contributed by atoms with Crippen molar-refractivity contribution in [2.45, 2.75) is 25.7 Å². The number of hydrogen-bond donors (Lipinski definition) is 0.